The number of hydrogen-bond acceptors (Lipinski definition) is 4. The van der Waals surface area contributed by atoms with Gasteiger partial charge < -0.3 is 19.1 Å². The minimum Gasteiger partial charge on any atom is -0.491 e. The summed E-state index contributed by atoms with van der Waals surface area (Å²) in [5.41, 5.74) is 1.38. The fraction of sp³-hybridized carbons (Fsp3) is 0.714. The Kier molecular flexibility index (Phi) is 5.08. The van der Waals surface area contributed by atoms with Crippen molar-refractivity contribution in [3.8, 4) is 0 Å². The molecule has 102 valence electrons. The molecule has 0 aromatic carbocycles. The number of rotatable bonds is 5. The molecular weight excluding hydrogens is 230 g/mol. The van der Waals surface area contributed by atoms with Crippen LogP contribution in [0.3, 0.4) is 0 Å². The minimum absolute atomic E-state index is 0.533. The van der Waals surface area contributed by atoms with E-state index >= 15 is 0 Å². The summed E-state index contributed by atoms with van der Waals surface area (Å²) in [6.07, 6.45) is 5.46. The first-order valence-corrected chi connectivity index (χ1v) is 6.66. The molecule has 1 aliphatic carbocycles. The van der Waals surface area contributed by atoms with Crippen LogP contribution in [0.2, 0.25) is 0 Å². The summed E-state index contributed by atoms with van der Waals surface area (Å²) in [6, 6.07) is 0. The summed E-state index contributed by atoms with van der Waals surface area (Å²) in [7, 11) is 1.69. The normalized spacial score (nSPS) is 24.6. The van der Waals surface area contributed by atoms with Gasteiger partial charge in [0.05, 0.1) is 19.8 Å². The molecule has 0 radical (unpaired) electrons. The van der Waals surface area contributed by atoms with E-state index in [9.17, 15) is 0 Å². The molecule has 0 bridgehead atoms. The topological polar surface area (TPSA) is 30.9 Å². The maximum absolute atomic E-state index is 5.72. The van der Waals surface area contributed by atoms with Gasteiger partial charge in [0.15, 0.2) is 0 Å². The summed E-state index contributed by atoms with van der Waals surface area (Å²) in [6.45, 7) is 7.11. The van der Waals surface area contributed by atoms with E-state index < -0.39 is 0 Å². The van der Waals surface area contributed by atoms with Crippen LogP contribution in [0.4, 0.5) is 0 Å². The van der Waals surface area contributed by atoms with Crippen LogP contribution in [0, 0.1) is 5.92 Å². The van der Waals surface area contributed by atoms with Gasteiger partial charge in [0.1, 0.15) is 12.4 Å². The van der Waals surface area contributed by atoms with Gasteiger partial charge in [-0.05, 0) is 24.5 Å². The highest BCUT2D eigenvalue weighted by molar-refractivity contribution is 5.24. The first kappa shape index (κ1) is 13.4. The fourth-order valence-electron chi connectivity index (χ4n) is 2.34. The maximum Gasteiger partial charge on any atom is 0.117 e. The molecule has 0 amide bonds. The second kappa shape index (κ2) is 6.81. The molecule has 1 aliphatic heterocycles. The van der Waals surface area contributed by atoms with Crippen LogP contribution in [-0.2, 0) is 14.2 Å². The number of hydrogen-bond donors (Lipinski definition) is 0. The zero-order valence-corrected chi connectivity index (χ0v) is 11.4. The van der Waals surface area contributed by atoms with Crippen LogP contribution in [-0.4, -0.2) is 51.5 Å². The Hall–Kier alpha value is -1.00. The Morgan fingerprint density at radius 3 is 2.83 bits per heavy atom. The number of allylic oxidation sites excluding steroid dienone is 3. The summed E-state index contributed by atoms with van der Waals surface area (Å²) >= 11 is 0. The molecule has 1 unspecified atom stereocenters. The molecule has 0 aromatic heterocycles. The van der Waals surface area contributed by atoms with Crippen molar-refractivity contribution >= 4 is 0 Å². The molecule has 18 heavy (non-hydrogen) atoms. The van der Waals surface area contributed by atoms with Gasteiger partial charge >= 0.3 is 0 Å². The summed E-state index contributed by atoms with van der Waals surface area (Å²) in [5, 5.41) is 0. The van der Waals surface area contributed by atoms with E-state index in [1.54, 1.807) is 7.11 Å². The Balaban J connectivity index is 1.94. The largest absolute Gasteiger partial charge is 0.491 e. The first-order chi connectivity index (χ1) is 8.79. The van der Waals surface area contributed by atoms with Gasteiger partial charge in [0.2, 0.25) is 0 Å². The van der Waals surface area contributed by atoms with Crippen LogP contribution in [0.1, 0.15) is 13.3 Å². The first-order valence-electron chi connectivity index (χ1n) is 6.66. The average molecular weight is 253 g/mol. The molecule has 0 saturated carbocycles. The second-order valence-electron chi connectivity index (χ2n) is 4.83. The zero-order chi connectivity index (χ0) is 12.8. The van der Waals surface area contributed by atoms with Crippen LogP contribution in [0.25, 0.3) is 0 Å². The van der Waals surface area contributed by atoms with Crippen LogP contribution in [0.5, 0.6) is 0 Å². The van der Waals surface area contributed by atoms with Gasteiger partial charge in [-0.25, -0.2) is 0 Å². The van der Waals surface area contributed by atoms with Gasteiger partial charge in [-0.1, -0.05) is 6.92 Å². The molecule has 2 rings (SSSR count). The van der Waals surface area contributed by atoms with E-state index in [1.165, 1.54) is 5.70 Å². The Bertz CT molecular complexity index is 319. The van der Waals surface area contributed by atoms with Crippen LogP contribution in [0.15, 0.2) is 23.6 Å². The Labute approximate surface area is 109 Å². The maximum atomic E-state index is 5.72. The average Bonchev–Trinajstić information content (AvgIpc) is 2.39. The highest BCUT2D eigenvalue weighted by Gasteiger charge is 2.19. The van der Waals surface area contributed by atoms with Gasteiger partial charge in [-0.15, -0.1) is 0 Å². The zero-order valence-electron chi connectivity index (χ0n) is 11.4. The third-order valence-electron chi connectivity index (χ3n) is 3.26. The van der Waals surface area contributed by atoms with Crippen LogP contribution < -0.4 is 0 Å². The molecule has 2 aliphatic rings. The highest BCUT2D eigenvalue weighted by Crippen LogP contribution is 2.26. The van der Waals surface area contributed by atoms with Crippen molar-refractivity contribution in [2.75, 3.05) is 46.6 Å². The van der Waals surface area contributed by atoms with E-state index in [0.717, 1.165) is 38.5 Å². The summed E-state index contributed by atoms with van der Waals surface area (Å²) < 4.78 is 16.1. The molecule has 4 heteroatoms. The van der Waals surface area contributed by atoms with Crippen molar-refractivity contribution in [1.82, 2.24) is 4.90 Å². The van der Waals surface area contributed by atoms with Gasteiger partial charge in [0.25, 0.3) is 0 Å². The molecule has 0 aromatic rings. The Morgan fingerprint density at radius 2 is 2.11 bits per heavy atom. The number of nitrogens with zero attached hydrogens (tertiary/aromatic N) is 1. The predicted octanol–water partition coefficient (Wildman–Crippen LogP) is 1.79. The molecule has 1 fully saturated rings. The third-order valence-corrected chi connectivity index (χ3v) is 3.26. The summed E-state index contributed by atoms with van der Waals surface area (Å²) in [4.78, 5) is 2.41. The quantitative estimate of drug-likeness (QED) is 0.699. The molecule has 1 atom stereocenters. The molecule has 0 spiro atoms. The molecular formula is C14H23NO3. The SMILES string of the molecule is COCCOC1=CC(C)CC(N2CCOCC2)=C1. The van der Waals surface area contributed by atoms with E-state index in [-0.39, 0.29) is 0 Å². The second-order valence-corrected chi connectivity index (χ2v) is 4.83. The van der Waals surface area contributed by atoms with Gasteiger partial charge in [0, 0.05) is 25.9 Å². The van der Waals surface area contributed by atoms with E-state index in [0.29, 0.717) is 19.1 Å². The lowest BCUT2D eigenvalue weighted by Crippen LogP contribution is -2.36. The molecule has 1 saturated heterocycles. The van der Waals surface area contributed by atoms with Gasteiger partial charge in [-0.2, -0.15) is 0 Å². The van der Waals surface area contributed by atoms with E-state index in [2.05, 4.69) is 24.0 Å². The lowest BCUT2D eigenvalue weighted by atomic mass is 9.98. The van der Waals surface area contributed by atoms with Crippen molar-refractivity contribution in [3.63, 3.8) is 0 Å². The van der Waals surface area contributed by atoms with E-state index in [4.69, 9.17) is 14.2 Å². The lowest BCUT2D eigenvalue weighted by Gasteiger charge is -2.33. The van der Waals surface area contributed by atoms with E-state index in [1.807, 2.05) is 0 Å². The molecule has 1 heterocycles. The molecule has 0 N–H and O–H groups in total. The predicted molar refractivity (Wildman–Crippen MR) is 70.2 cm³/mol. The monoisotopic (exact) mass is 253 g/mol. The van der Waals surface area contributed by atoms with Crippen molar-refractivity contribution < 1.29 is 14.2 Å². The lowest BCUT2D eigenvalue weighted by molar-refractivity contribution is 0.0504. The fourth-order valence-corrected chi connectivity index (χ4v) is 2.34. The third kappa shape index (κ3) is 3.75. The highest BCUT2D eigenvalue weighted by atomic mass is 16.5. The number of morpholine rings is 1. The standard InChI is InChI=1S/C14H23NO3/c1-12-9-13(15-3-5-17-6-4-15)11-14(10-12)18-8-7-16-2/h10-12H,3-9H2,1-2H3. The smallest absolute Gasteiger partial charge is 0.117 e. The molecule has 4 nitrogen and oxygen atoms in total. The number of methoxy groups -OCH3 is 1. The van der Waals surface area contributed by atoms with Crippen molar-refractivity contribution in [3.05, 3.63) is 23.6 Å². The van der Waals surface area contributed by atoms with Crippen LogP contribution >= 0.6 is 0 Å². The Morgan fingerprint density at radius 1 is 1.33 bits per heavy atom. The van der Waals surface area contributed by atoms with Crippen molar-refractivity contribution in [2.24, 2.45) is 5.92 Å². The van der Waals surface area contributed by atoms with Crippen molar-refractivity contribution in [1.29, 1.82) is 0 Å². The van der Waals surface area contributed by atoms with Crippen molar-refractivity contribution in [2.45, 2.75) is 13.3 Å². The minimum atomic E-state index is 0.533. The van der Waals surface area contributed by atoms with Gasteiger partial charge in [-0.3, -0.25) is 0 Å². The summed E-state index contributed by atoms with van der Waals surface area (Å²) in [5.74, 6) is 1.51. The number of ether oxygens (including phenoxy) is 3.